The molecule has 1 aromatic carbocycles. The van der Waals surface area contributed by atoms with Gasteiger partial charge in [0.25, 0.3) is 0 Å². The Morgan fingerprint density at radius 3 is 2.59 bits per heavy atom. The number of amides is 1. The zero-order valence-electron chi connectivity index (χ0n) is 17.7. The molecule has 0 unspecified atom stereocenters. The predicted molar refractivity (Wildman–Crippen MR) is 111 cm³/mol. The lowest BCUT2D eigenvalue weighted by atomic mass is 10.0. The largest absolute Gasteiger partial charge is 0.494 e. The van der Waals surface area contributed by atoms with Crippen LogP contribution in [0.25, 0.3) is 0 Å². The van der Waals surface area contributed by atoms with Crippen LogP contribution in [0.2, 0.25) is 0 Å². The molecule has 2 rings (SSSR count). The van der Waals surface area contributed by atoms with Crippen molar-refractivity contribution in [1.29, 1.82) is 0 Å². The Kier molecular flexibility index (Phi) is 7.96. The van der Waals surface area contributed by atoms with Crippen molar-refractivity contribution in [2.45, 2.75) is 65.9 Å². The summed E-state index contributed by atoms with van der Waals surface area (Å²) >= 11 is 0. The molecule has 1 aliphatic heterocycles. The van der Waals surface area contributed by atoms with Crippen molar-refractivity contribution >= 4 is 11.8 Å². The van der Waals surface area contributed by atoms with Crippen LogP contribution in [-0.2, 0) is 11.2 Å². The molecule has 1 heterocycles. The van der Waals surface area contributed by atoms with Gasteiger partial charge in [-0.15, -0.1) is 0 Å². The molecule has 0 saturated carbocycles. The molecule has 27 heavy (non-hydrogen) atoms. The van der Waals surface area contributed by atoms with Crippen molar-refractivity contribution in [1.82, 2.24) is 4.90 Å². The van der Waals surface area contributed by atoms with Crippen LogP contribution in [0.5, 0.6) is 5.75 Å². The van der Waals surface area contributed by atoms with E-state index in [0.717, 1.165) is 68.9 Å². The fourth-order valence-electron chi connectivity index (χ4n) is 3.34. The quantitative estimate of drug-likeness (QED) is 0.607. The molecule has 0 aliphatic carbocycles. The molecule has 0 atom stereocenters. The van der Waals surface area contributed by atoms with Gasteiger partial charge in [-0.2, -0.15) is 0 Å². The molecule has 0 bridgehead atoms. The summed E-state index contributed by atoms with van der Waals surface area (Å²) in [6.07, 6.45) is 3.85. The standard InChI is InChI=1S/C22H36N2O3/c1-6-23(7-2)14-8-9-16-26-19-12-13-20-18(17-19)11-10-15-24(20)21(25)27-22(3,4)5/h12-13,17H,6-11,14-16H2,1-5H3. The number of carbonyl (C=O) groups excluding carboxylic acids is 1. The third-order valence-corrected chi connectivity index (χ3v) is 4.82. The lowest BCUT2D eigenvalue weighted by molar-refractivity contribution is 0.0577. The van der Waals surface area contributed by atoms with E-state index in [0.29, 0.717) is 6.54 Å². The number of aryl methyl sites for hydroxylation is 1. The van der Waals surface area contributed by atoms with Gasteiger partial charge in [0.15, 0.2) is 0 Å². The average Bonchev–Trinajstić information content (AvgIpc) is 2.62. The highest BCUT2D eigenvalue weighted by atomic mass is 16.6. The number of ether oxygens (including phenoxy) is 2. The van der Waals surface area contributed by atoms with E-state index in [9.17, 15) is 4.79 Å². The number of rotatable bonds is 8. The van der Waals surface area contributed by atoms with E-state index >= 15 is 0 Å². The first-order valence-corrected chi connectivity index (χ1v) is 10.3. The van der Waals surface area contributed by atoms with Crippen LogP contribution in [0.15, 0.2) is 18.2 Å². The highest BCUT2D eigenvalue weighted by Gasteiger charge is 2.27. The summed E-state index contributed by atoms with van der Waals surface area (Å²) in [6.45, 7) is 14.9. The average molecular weight is 377 g/mol. The van der Waals surface area contributed by atoms with Gasteiger partial charge in [-0.3, -0.25) is 4.90 Å². The number of anilines is 1. The van der Waals surface area contributed by atoms with Gasteiger partial charge in [0.1, 0.15) is 11.4 Å². The van der Waals surface area contributed by atoms with Crippen LogP contribution >= 0.6 is 0 Å². The number of unbranched alkanes of at least 4 members (excludes halogenated alkanes) is 1. The number of nitrogens with zero attached hydrogens (tertiary/aromatic N) is 2. The van der Waals surface area contributed by atoms with E-state index in [1.165, 1.54) is 0 Å². The van der Waals surface area contributed by atoms with Gasteiger partial charge in [-0.25, -0.2) is 4.79 Å². The minimum absolute atomic E-state index is 0.270. The molecule has 1 aromatic rings. The maximum atomic E-state index is 12.5. The number of benzene rings is 1. The lowest BCUT2D eigenvalue weighted by Crippen LogP contribution is -2.39. The summed E-state index contributed by atoms with van der Waals surface area (Å²) in [7, 11) is 0. The summed E-state index contributed by atoms with van der Waals surface area (Å²) in [4.78, 5) is 16.7. The summed E-state index contributed by atoms with van der Waals surface area (Å²) in [5.74, 6) is 0.891. The van der Waals surface area contributed by atoms with Crippen molar-refractivity contribution in [2.24, 2.45) is 0 Å². The Morgan fingerprint density at radius 1 is 1.19 bits per heavy atom. The van der Waals surface area contributed by atoms with Gasteiger partial charge in [-0.1, -0.05) is 13.8 Å². The summed E-state index contributed by atoms with van der Waals surface area (Å²) in [6, 6.07) is 6.03. The molecule has 0 spiro atoms. The number of fused-ring (bicyclic) bond motifs is 1. The second kappa shape index (κ2) is 9.98. The molecule has 0 N–H and O–H groups in total. The van der Waals surface area contributed by atoms with E-state index in [1.54, 1.807) is 4.90 Å². The number of hydrogen-bond donors (Lipinski definition) is 0. The first-order chi connectivity index (χ1) is 12.8. The molecule has 5 nitrogen and oxygen atoms in total. The molecular weight excluding hydrogens is 340 g/mol. The van der Waals surface area contributed by atoms with Crippen molar-refractivity contribution in [3.8, 4) is 5.75 Å². The predicted octanol–water partition coefficient (Wildman–Crippen LogP) is 4.88. The molecule has 0 saturated heterocycles. The minimum Gasteiger partial charge on any atom is -0.494 e. The third-order valence-electron chi connectivity index (χ3n) is 4.82. The van der Waals surface area contributed by atoms with E-state index in [1.807, 2.05) is 32.9 Å². The van der Waals surface area contributed by atoms with E-state index < -0.39 is 5.60 Å². The highest BCUT2D eigenvalue weighted by molar-refractivity contribution is 5.89. The van der Waals surface area contributed by atoms with Gasteiger partial charge in [0.05, 0.1) is 12.3 Å². The Bertz CT molecular complexity index is 606. The fraction of sp³-hybridized carbons (Fsp3) is 0.682. The Morgan fingerprint density at radius 2 is 1.93 bits per heavy atom. The van der Waals surface area contributed by atoms with Crippen LogP contribution in [0.1, 0.15) is 59.4 Å². The third kappa shape index (κ3) is 6.73. The molecule has 0 fully saturated rings. The Hall–Kier alpha value is -1.75. The molecule has 5 heteroatoms. The van der Waals surface area contributed by atoms with Crippen LogP contribution in [0, 0.1) is 0 Å². The summed E-state index contributed by atoms with van der Waals surface area (Å²) < 4.78 is 11.5. The Labute approximate surface area is 164 Å². The normalized spacial score (nSPS) is 14.2. The molecular formula is C22H36N2O3. The SMILES string of the molecule is CCN(CC)CCCCOc1ccc2c(c1)CCCN2C(=O)OC(C)(C)C. The number of carbonyl (C=O) groups is 1. The van der Waals surface area contributed by atoms with Crippen molar-refractivity contribution < 1.29 is 14.3 Å². The van der Waals surface area contributed by atoms with Gasteiger partial charge < -0.3 is 14.4 Å². The summed E-state index contributed by atoms with van der Waals surface area (Å²) in [5.41, 5.74) is 1.63. The van der Waals surface area contributed by atoms with E-state index in [-0.39, 0.29) is 6.09 Å². The van der Waals surface area contributed by atoms with Crippen molar-refractivity contribution in [3.05, 3.63) is 23.8 Å². The van der Waals surface area contributed by atoms with Crippen LogP contribution < -0.4 is 9.64 Å². The monoisotopic (exact) mass is 376 g/mol. The minimum atomic E-state index is -0.483. The molecule has 152 valence electrons. The first kappa shape index (κ1) is 21.5. The highest BCUT2D eigenvalue weighted by Crippen LogP contribution is 2.31. The van der Waals surface area contributed by atoms with Crippen LogP contribution in [-0.4, -0.2) is 49.4 Å². The Balaban J connectivity index is 1.89. The zero-order chi connectivity index (χ0) is 19.9. The van der Waals surface area contributed by atoms with E-state index in [2.05, 4.69) is 24.8 Å². The van der Waals surface area contributed by atoms with Gasteiger partial charge >= 0.3 is 6.09 Å². The molecule has 0 radical (unpaired) electrons. The first-order valence-electron chi connectivity index (χ1n) is 10.3. The van der Waals surface area contributed by atoms with Crippen molar-refractivity contribution in [3.63, 3.8) is 0 Å². The topological polar surface area (TPSA) is 42.0 Å². The lowest BCUT2D eigenvalue weighted by Gasteiger charge is -2.31. The molecule has 0 aromatic heterocycles. The fourth-order valence-corrected chi connectivity index (χ4v) is 3.34. The van der Waals surface area contributed by atoms with Crippen LogP contribution in [0.3, 0.4) is 0 Å². The maximum absolute atomic E-state index is 12.5. The second-order valence-electron chi connectivity index (χ2n) is 8.11. The van der Waals surface area contributed by atoms with Gasteiger partial charge in [-0.05, 0) is 89.9 Å². The second-order valence-corrected chi connectivity index (χ2v) is 8.11. The van der Waals surface area contributed by atoms with E-state index in [4.69, 9.17) is 9.47 Å². The summed E-state index contributed by atoms with van der Waals surface area (Å²) in [5, 5.41) is 0. The zero-order valence-corrected chi connectivity index (χ0v) is 17.7. The van der Waals surface area contributed by atoms with Crippen molar-refractivity contribution in [2.75, 3.05) is 37.7 Å². The smallest absolute Gasteiger partial charge is 0.414 e. The molecule has 1 aliphatic rings. The van der Waals surface area contributed by atoms with Gasteiger partial charge in [0, 0.05) is 6.54 Å². The molecule has 1 amide bonds. The van der Waals surface area contributed by atoms with Crippen LogP contribution in [0.4, 0.5) is 10.5 Å². The number of hydrogen-bond acceptors (Lipinski definition) is 4. The maximum Gasteiger partial charge on any atom is 0.414 e. The van der Waals surface area contributed by atoms with Gasteiger partial charge in [0.2, 0.25) is 0 Å².